The molecular formula is C22H29N5O3. The number of nitrogens with one attached hydrogen (secondary N) is 1. The maximum atomic E-state index is 11.1. The fraction of sp³-hybridized carbons (Fsp3) is 0.409. The number of carboxylic acids is 1. The van der Waals surface area contributed by atoms with E-state index in [9.17, 15) is 4.79 Å². The van der Waals surface area contributed by atoms with Gasteiger partial charge in [0.15, 0.2) is 5.96 Å². The Balaban J connectivity index is 1.65. The predicted octanol–water partition coefficient (Wildman–Crippen LogP) is 2.80. The Morgan fingerprint density at radius 2 is 1.93 bits per heavy atom. The molecule has 0 bridgehead atoms. The van der Waals surface area contributed by atoms with Gasteiger partial charge in [0.25, 0.3) is 0 Å². The second kappa shape index (κ2) is 11.2. The lowest BCUT2D eigenvalue weighted by molar-refractivity contribution is 0.0697. The number of piperazine rings is 1. The lowest BCUT2D eigenvalue weighted by atomic mass is 10.2. The van der Waals surface area contributed by atoms with Crippen molar-refractivity contribution in [1.29, 1.82) is 0 Å². The van der Waals surface area contributed by atoms with Gasteiger partial charge in [-0.3, -0.25) is 4.99 Å². The van der Waals surface area contributed by atoms with Gasteiger partial charge < -0.3 is 25.0 Å². The van der Waals surface area contributed by atoms with Crippen molar-refractivity contribution in [3.63, 3.8) is 0 Å². The number of hydrogen-bond donors (Lipinski definition) is 2. The van der Waals surface area contributed by atoms with Crippen molar-refractivity contribution in [2.75, 3.05) is 56.2 Å². The fourth-order valence-electron chi connectivity index (χ4n) is 3.23. The molecule has 160 valence electrons. The van der Waals surface area contributed by atoms with Crippen molar-refractivity contribution in [2.24, 2.45) is 4.99 Å². The number of aliphatic imine (C=N–C) groups is 1. The van der Waals surface area contributed by atoms with Crippen LogP contribution in [0.2, 0.25) is 0 Å². The highest BCUT2D eigenvalue weighted by Gasteiger charge is 2.21. The van der Waals surface area contributed by atoms with Gasteiger partial charge >= 0.3 is 5.97 Å². The maximum Gasteiger partial charge on any atom is 0.335 e. The van der Waals surface area contributed by atoms with Gasteiger partial charge in [-0.1, -0.05) is 6.07 Å². The zero-order valence-corrected chi connectivity index (χ0v) is 17.3. The Hall–Kier alpha value is -3.13. The van der Waals surface area contributed by atoms with Crippen molar-refractivity contribution >= 4 is 23.4 Å². The number of ether oxygens (including phenoxy) is 1. The van der Waals surface area contributed by atoms with E-state index in [0.29, 0.717) is 19.8 Å². The average molecular weight is 412 g/mol. The minimum Gasteiger partial charge on any atom is -0.478 e. The molecule has 0 spiro atoms. The van der Waals surface area contributed by atoms with Gasteiger partial charge in [-0.2, -0.15) is 0 Å². The van der Waals surface area contributed by atoms with E-state index >= 15 is 0 Å². The Kier molecular flexibility index (Phi) is 8.02. The maximum absolute atomic E-state index is 11.1. The summed E-state index contributed by atoms with van der Waals surface area (Å²) in [6, 6.07) is 12.7. The minimum atomic E-state index is -0.933. The SMILES string of the molecule is CCOCCCN=C(Nc1ccc(C(=O)O)cc1)N1CCN(c2ccccn2)CC1. The number of carboxylic acid groups (broad SMARTS) is 1. The molecule has 2 N–H and O–H groups in total. The summed E-state index contributed by atoms with van der Waals surface area (Å²) in [7, 11) is 0. The van der Waals surface area contributed by atoms with Crippen LogP contribution >= 0.6 is 0 Å². The first kappa shape index (κ1) is 21.6. The van der Waals surface area contributed by atoms with Crippen LogP contribution in [-0.2, 0) is 4.74 Å². The second-order valence-electron chi connectivity index (χ2n) is 6.93. The summed E-state index contributed by atoms with van der Waals surface area (Å²) in [5, 5.41) is 12.5. The molecule has 0 unspecified atom stereocenters. The molecule has 8 heteroatoms. The molecule has 1 fully saturated rings. The smallest absolute Gasteiger partial charge is 0.335 e. The van der Waals surface area contributed by atoms with E-state index in [1.165, 1.54) is 0 Å². The van der Waals surface area contributed by atoms with Crippen LogP contribution in [0.5, 0.6) is 0 Å². The van der Waals surface area contributed by atoms with Crippen LogP contribution in [0, 0.1) is 0 Å². The van der Waals surface area contributed by atoms with E-state index < -0.39 is 5.97 Å². The van der Waals surface area contributed by atoms with Crippen LogP contribution in [0.25, 0.3) is 0 Å². The van der Waals surface area contributed by atoms with Crippen molar-refractivity contribution in [1.82, 2.24) is 9.88 Å². The summed E-state index contributed by atoms with van der Waals surface area (Å²) in [5.74, 6) is 0.858. The first-order chi connectivity index (χ1) is 14.7. The summed E-state index contributed by atoms with van der Waals surface area (Å²) in [4.78, 5) is 24.8. The number of aromatic nitrogens is 1. The summed E-state index contributed by atoms with van der Waals surface area (Å²) in [6.07, 6.45) is 2.67. The summed E-state index contributed by atoms with van der Waals surface area (Å²) in [5.41, 5.74) is 1.08. The first-order valence-corrected chi connectivity index (χ1v) is 10.3. The number of hydrogen-bond acceptors (Lipinski definition) is 5. The first-order valence-electron chi connectivity index (χ1n) is 10.3. The molecule has 2 aromatic rings. The molecule has 8 nitrogen and oxygen atoms in total. The molecule has 0 saturated carbocycles. The topological polar surface area (TPSA) is 90.3 Å². The number of carbonyl (C=O) groups is 1. The van der Waals surface area contributed by atoms with Crippen LogP contribution in [0.15, 0.2) is 53.7 Å². The van der Waals surface area contributed by atoms with Crippen molar-refractivity contribution < 1.29 is 14.6 Å². The molecule has 2 heterocycles. The fourth-order valence-corrected chi connectivity index (χ4v) is 3.23. The number of anilines is 2. The normalized spacial score (nSPS) is 14.6. The van der Waals surface area contributed by atoms with E-state index in [1.807, 2.05) is 31.3 Å². The van der Waals surface area contributed by atoms with Crippen LogP contribution in [0.3, 0.4) is 0 Å². The molecule has 0 radical (unpaired) electrons. The van der Waals surface area contributed by atoms with Gasteiger partial charge in [0.2, 0.25) is 0 Å². The molecule has 0 atom stereocenters. The number of aromatic carboxylic acids is 1. The molecule has 1 aliphatic heterocycles. The third-order valence-corrected chi connectivity index (χ3v) is 4.85. The number of pyridine rings is 1. The Bertz CT molecular complexity index is 818. The van der Waals surface area contributed by atoms with Crippen molar-refractivity contribution in [3.8, 4) is 0 Å². The predicted molar refractivity (Wildman–Crippen MR) is 118 cm³/mol. The largest absolute Gasteiger partial charge is 0.478 e. The van der Waals surface area contributed by atoms with E-state index in [0.717, 1.165) is 50.1 Å². The average Bonchev–Trinajstić information content (AvgIpc) is 2.79. The zero-order chi connectivity index (χ0) is 21.2. The molecule has 1 aromatic heterocycles. The van der Waals surface area contributed by atoms with Gasteiger partial charge in [0.1, 0.15) is 5.82 Å². The summed E-state index contributed by atoms with van der Waals surface area (Å²) >= 11 is 0. The lowest BCUT2D eigenvalue weighted by Gasteiger charge is -2.37. The minimum absolute atomic E-state index is 0.264. The number of benzene rings is 1. The highest BCUT2D eigenvalue weighted by molar-refractivity contribution is 5.94. The molecule has 0 aliphatic carbocycles. The van der Waals surface area contributed by atoms with Gasteiger partial charge in [-0.15, -0.1) is 0 Å². The highest BCUT2D eigenvalue weighted by atomic mass is 16.5. The third-order valence-electron chi connectivity index (χ3n) is 4.85. The van der Waals surface area contributed by atoms with Gasteiger partial charge in [0.05, 0.1) is 5.56 Å². The van der Waals surface area contributed by atoms with Crippen LogP contribution in [0.1, 0.15) is 23.7 Å². The van der Waals surface area contributed by atoms with Gasteiger partial charge in [-0.25, -0.2) is 9.78 Å². The van der Waals surface area contributed by atoms with Gasteiger partial charge in [0, 0.05) is 57.8 Å². The van der Waals surface area contributed by atoms with Crippen LogP contribution in [0.4, 0.5) is 11.5 Å². The molecule has 1 saturated heterocycles. The Morgan fingerprint density at radius 3 is 2.57 bits per heavy atom. The van der Waals surface area contributed by atoms with E-state index in [1.54, 1.807) is 24.3 Å². The van der Waals surface area contributed by atoms with Crippen LogP contribution in [-0.4, -0.2) is 72.9 Å². The van der Waals surface area contributed by atoms with Crippen molar-refractivity contribution in [3.05, 3.63) is 54.2 Å². The van der Waals surface area contributed by atoms with E-state index in [4.69, 9.17) is 14.8 Å². The van der Waals surface area contributed by atoms with E-state index in [2.05, 4.69) is 20.1 Å². The number of guanidine groups is 1. The molecule has 30 heavy (non-hydrogen) atoms. The Morgan fingerprint density at radius 1 is 1.17 bits per heavy atom. The van der Waals surface area contributed by atoms with E-state index in [-0.39, 0.29) is 5.56 Å². The molecule has 1 aromatic carbocycles. The quantitative estimate of drug-likeness (QED) is 0.392. The van der Waals surface area contributed by atoms with Crippen LogP contribution < -0.4 is 10.2 Å². The molecule has 0 amide bonds. The molecule has 1 aliphatic rings. The van der Waals surface area contributed by atoms with Gasteiger partial charge in [-0.05, 0) is 49.7 Å². The number of rotatable bonds is 8. The highest BCUT2D eigenvalue weighted by Crippen LogP contribution is 2.15. The summed E-state index contributed by atoms with van der Waals surface area (Å²) in [6.45, 7) is 7.40. The van der Waals surface area contributed by atoms with Crippen molar-refractivity contribution in [2.45, 2.75) is 13.3 Å². The Labute approximate surface area is 177 Å². The number of nitrogens with zero attached hydrogens (tertiary/aromatic N) is 4. The molecule has 3 rings (SSSR count). The zero-order valence-electron chi connectivity index (χ0n) is 17.3. The lowest BCUT2D eigenvalue weighted by Crippen LogP contribution is -2.51. The summed E-state index contributed by atoms with van der Waals surface area (Å²) < 4.78 is 5.41. The third kappa shape index (κ3) is 6.18. The molecular weight excluding hydrogens is 382 g/mol. The second-order valence-corrected chi connectivity index (χ2v) is 6.93. The standard InChI is InChI=1S/C22H29N5O3/c1-2-30-17-5-12-24-22(25-19-9-7-18(8-10-19)21(28)29)27-15-13-26(14-16-27)20-6-3-4-11-23-20/h3-4,6-11H,2,5,12-17H2,1H3,(H,24,25)(H,28,29). The monoisotopic (exact) mass is 411 g/mol.